The smallest absolute Gasteiger partial charge is 0.410 e. The van der Waals surface area contributed by atoms with E-state index in [1.165, 1.54) is 0 Å². The van der Waals surface area contributed by atoms with E-state index in [2.05, 4.69) is 15.3 Å². The normalized spacial score (nSPS) is 15.6. The van der Waals surface area contributed by atoms with Crippen LogP contribution in [0.25, 0.3) is 0 Å². The van der Waals surface area contributed by atoms with Gasteiger partial charge in [-0.1, -0.05) is 0 Å². The van der Waals surface area contributed by atoms with E-state index in [0.29, 0.717) is 32.1 Å². The SMILES string of the molecule is Cc1cnc(CNC2=NCCN(C(=O)OC(C)(C)C)C2)o1. The lowest BCUT2D eigenvalue weighted by atomic mass is 10.2. The number of amides is 1. The number of ether oxygens (including phenoxy) is 1. The highest BCUT2D eigenvalue weighted by Gasteiger charge is 2.24. The Morgan fingerprint density at radius 3 is 2.90 bits per heavy atom. The first-order valence-corrected chi connectivity index (χ1v) is 7.00. The largest absolute Gasteiger partial charge is 0.444 e. The molecule has 1 N–H and O–H groups in total. The summed E-state index contributed by atoms with van der Waals surface area (Å²) < 4.78 is 10.7. The fourth-order valence-corrected chi connectivity index (χ4v) is 1.87. The Morgan fingerprint density at radius 1 is 1.52 bits per heavy atom. The van der Waals surface area contributed by atoms with E-state index in [-0.39, 0.29) is 6.09 Å². The zero-order valence-corrected chi connectivity index (χ0v) is 13.0. The van der Waals surface area contributed by atoms with Crippen molar-refractivity contribution in [1.82, 2.24) is 15.2 Å². The van der Waals surface area contributed by atoms with Gasteiger partial charge in [-0.15, -0.1) is 0 Å². The van der Waals surface area contributed by atoms with Crippen molar-refractivity contribution in [1.29, 1.82) is 0 Å². The van der Waals surface area contributed by atoms with Gasteiger partial charge >= 0.3 is 6.09 Å². The van der Waals surface area contributed by atoms with E-state index in [0.717, 1.165) is 11.6 Å². The Morgan fingerprint density at radius 2 is 2.29 bits per heavy atom. The van der Waals surface area contributed by atoms with Crippen LogP contribution in [0.2, 0.25) is 0 Å². The fourth-order valence-electron chi connectivity index (χ4n) is 1.87. The van der Waals surface area contributed by atoms with E-state index < -0.39 is 5.60 Å². The van der Waals surface area contributed by atoms with Gasteiger partial charge in [0.05, 0.1) is 25.8 Å². The third kappa shape index (κ3) is 4.77. The minimum atomic E-state index is -0.491. The first kappa shape index (κ1) is 15.3. The van der Waals surface area contributed by atoms with Crippen LogP contribution in [0.1, 0.15) is 32.4 Å². The molecule has 2 rings (SSSR count). The van der Waals surface area contributed by atoms with Gasteiger partial charge in [-0.3, -0.25) is 9.89 Å². The summed E-state index contributed by atoms with van der Waals surface area (Å²) >= 11 is 0. The Hall–Kier alpha value is -2.05. The number of aryl methyl sites for hydroxylation is 1. The second-order valence-electron chi connectivity index (χ2n) is 5.95. The molecule has 2 heterocycles. The molecule has 0 unspecified atom stereocenters. The molecule has 0 bridgehead atoms. The molecule has 0 atom stereocenters. The number of aromatic nitrogens is 1. The molecule has 0 spiro atoms. The minimum Gasteiger partial charge on any atom is -0.444 e. The van der Waals surface area contributed by atoms with Gasteiger partial charge in [0.1, 0.15) is 17.2 Å². The molecular weight excluding hydrogens is 272 g/mol. The molecule has 7 heteroatoms. The maximum Gasteiger partial charge on any atom is 0.410 e. The van der Waals surface area contributed by atoms with Crippen LogP contribution in [0.5, 0.6) is 0 Å². The molecular formula is C14H22N4O3. The van der Waals surface area contributed by atoms with Crippen molar-refractivity contribution in [2.24, 2.45) is 4.99 Å². The van der Waals surface area contributed by atoms with Gasteiger partial charge in [-0.25, -0.2) is 9.78 Å². The Balaban J connectivity index is 1.85. The molecule has 0 aromatic carbocycles. The van der Waals surface area contributed by atoms with Crippen molar-refractivity contribution in [3.63, 3.8) is 0 Å². The van der Waals surface area contributed by atoms with Crippen molar-refractivity contribution in [2.45, 2.75) is 39.8 Å². The fraction of sp³-hybridized carbons (Fsp3) is 0.643. The molecule has 1 aliphatic rings. The van der Waals surface area contributed by atoms with Gasteiger partial charge in [-0.05, 0) is 27.7 Å². The summed E-state index contributed by atoms with van der Waals surface area (Å²) in [6.45, 7) is 9.40. The third-order valence-electron chi connectivity index (χ3n) is 2.78. The van der Waals surface area contributed by atoms with Crippen LogP contribution in [0.4, 0.5) is 4.79 Å². The molecule has 1 aliphatic heterocycles. The first-order chi connectivity index (χ1) is 9.83. The molecule has 116 valence electrons. The maximum atomic E-state index is 12.0. The third-order valence-corrected chi connectivity index (χ3v) is 2.78. The Kier molecular flexibility index (Phi) is 4.50. The molecule has 1 aromatic rings. The number of hydrogen-bond acceptors (Lipinski definition) is 6. The van der Waals surface area contributed by atoms with Crippen molar-refractivity contribution in [2.75, 3.05) is 19.6 Å². The molecule has 0 aliphatic carbocycles. The van der Waals surface area contributed by atoms with E-state index >= 15 is 0 Å². The van der Waals surface area contributed by atoms with Crippen LogP contribution in [-0.2, 0) is 11.3 Å². The quantitative estimate of drug-likeness (QED) is 0.898. The number of carbonyl (C=O) groups excluding carboxylic acids is 1. The summed E-state index contributed by atoms with van der Waals surface area (Å²) in [4.78, 5) is 22.1. The van der Waals surface area contributed by atoms with Gasteiger partial charge in [0, 0.05) is 6.54 Å². The van der Waals surface area contributed by atoms with Crippen LogP contribution in [-0.4, -0.2) is 47.0 Å². The van der Waals surface area contributed by atoms with Gasteiger partial charge in [0.2, 0.25) is 5.89 Å². The van der Waals surface area contributed by atoms with Crippen LogP contribution in [0.3, 0.4) is 0 Å². The Labute approximate surface area is 124 Å². The van der Waals surface area contributed by atoms with Crippen molar-refractivity contribution in [3.8, 4) is 0 Å². The summed E-state index contributed by atoms with van der Waals surface area (Å²) in [5.74, 6) is 2.11. The molecule has 0 fully saturated rings. The molecule has 21 heavy (non-hydrogen) atoms. The molecule has 0 saturated heterocycles. The van der Waals surface area contributed by atoms with Crippen molar-refractivity contribution < 1.29 is 13.9 Å². The zero-order chi connectivity index (χ0) is 15.5. The Bertz CT molecular complexity index is 531. The lowest BCUT2D eigenvalue weighted by molar-refractivity contribution is 0.0276. The number of oxazole rings is 1. The highest BCUT2D eigenvalue weighted by atomic mass is 16.6. The number of aliphatic imine (C=N–C) groups is 1. The summed E-state index contributed by atoms with van der Waals surface area (Å²) in [5, 5.41) is 3.14. The number of hydrogen-bond donors (Lipinski definition) is 1. The number of rotatable bonds is 2. The first-order valence-electron chi connectivity index (χ1n) is 7.00. The summed E-state index contributed by atoms with van der Waals surface area (Å²) in [6, 6.07) is 0. The molecule has 1 aromatic heterocycles. The average Bonchev–Trinajstić information content (AvgIpc) is 2.81. The zero-order valence-electron chi connectivity index (χ0n) is 13.0. The number of amidine groups is 1. The van der Waals surface area contributed by atoms with Gasteiger partial charge in [0.25, 0.3) is 0 Å². The second kappa shape index (κ2) is 6.15. The molecule has 7 nitrogen and oxygen atoms in total. The number of nitrogens with zero attached hydrogens (tertiary/aromatic N) is 3. The van der Waals surface area contributed by atoms with Crippen LogP contribution in [0, 0.1) is 6.92 Å². The summed E-state index contributed by atoms with van der Waals surface area (Å²) in [6.07, 6.45) is 1.36. The molecule has 0 radical (unpaired) electrons. The summed E-state index contributed by atoms with van der Waals surface area (Å²) in [7, 11) is 0. The highest BCUT2D eigenvalue weighted by molar-refractivity contribution is 5.87. The van der Waals surface area contributed by atoms with E-state index in [1.807, 2.05) is 27.7 Å². The average molecular weight is 294 g/mol. The number of carbonyl (C=O) groups is 1. The topological polar surface area (TPSA) is 80.0 Å². The highest BCUT2D eigenvalue weighted by Crippen LogP contribution is 2.11. The number of nitrogens with one attached hydrogen (secondary N) is 1. The van der Waals surface area contributed by atoms with Gasteiger partial charge < -0.3 is 14.5 Å². The predicted octanol–water partition coefficient (Wildman–Crippen LogP) is 1.72. The maximum absolute atomic E-state index is 12.0. The lowest BCUT2D eigenvalue weighted by Gasteiger charge is -2.29. The standard InChI is InChI=1S/C14H22N4O3/c1-10-7-17-12(20-10)8-16-11-9-18(6-5-15-11)13(19)21-14(2,3)4/h7H,5-6,8-9H2,1-4H3,(H,15,16). The van der Waals surface area contributed by atoms with Gasteiger partial charge in [0.15, 0.2) is 0 Å². The van der Waals surface area contributed by atoms with Crippen LogP contribution >= 0.6 is 0 Å². The monoisotopic (exact) mass is 294 g/mol. The van der Waals surface area contributed by atoms with Crippen molar-refractivity contribution in [3.05, 3.63) is 17.8 Å². The van der Waals surface area contributed by atoms with Gasteiger partial charge in [-0.2, -0.15) is 0 Å². The van der Waals surface area contributed by atoms with Crippen molar-refractivity contribution >= 4 is 11.9 Å². The predicted molar refractivity (Wildman–Crippen MR) is 78.2 cm³/mol. The second-order valence-corrected chi connectivity index (χ2v) is 5.95. The summed E-state index contributed by atoms with van der Waals surface area (Å²) in [5.41, 5.74) is -0.491. The van der Waals surface area contributed by atoms with Crippen LogP contribution < -0.4 is 5.32 Å². The van der Waals surface area contributed by atoms with E-state index in [1.54, 1.807) is 11.1 Å². The van der Waals surface area contributed by atoms with Crippen LogP contribution in [0.15, 0.2) is 15.6 Å². The molecule has 1 amide bonds. The van der Waals surface area contributed by atoms with E-state index in [9.17, 15) is 4.79 Å². The molecule has 0 saturated carbocycles. The van der Waals surface area contributed by atoms with E-state index in [4.69, 9.17) is 9.15 Å². The minimum absolute atomic E-state index is 0.316. The lowest BCUT2D eigenvalue weighted by Crippen LogP contribution is -2.47.